The lowest BCUT2D eigenvalue weighted by atomic mass is 10.0. The first-order chi connectivity index (χ1) is 23.1. The quantitative estimate of drug-likeness (QED) is 0.375. The largest absolute Gasteiger partial charge is 0.378 e. The van der Waals surface area contributed by atoms with Crippen LogP contribution >= 0.6 is 0 Å². The van der Waals surface area contributed by atoms with E-state index in [1.54, 1.807) is 52.0 Å². The van der Waals surface area contributed by atoms with Crippen LogP contribution in [-0.2, 0) is 43.8 Å². The fourth-order valence-electron chi connectivity index (χ4n) is 5.03. The van der Waals surface area contributed by atoms with Gasteiger partial charge < -0.3 is 24.0 Å². The zero-order valence-corrected chi connectivity index (χ0v) is 31.0. The van der Waals surface area contributed by atoms with Gasteiger partial charge in [0, 0.05) is 26.2 Å². The summed E-state index contributed by atoms with van der Waals surface area (Å²) in [6.07, 6.45) is 0. The minimum absolute atomic E-state index is 0.0713. The van der Waals surface area contributed by atoms with Crippen molar-refractivity contribution in [1.29, 1.82) is 0 Å². The highest BCUT2D eigenvalue weighted by Gasteiger charge is 2.33. The van der Waals surface area contributed by atoms with Crippen molar-refractivity contribution in [3.63, 3.8) is 0 Å². The molecule has 0 unspecified atom stereocenters. The van der Waals surface area contributed by atoms with Crippen molar-refractivity contribution < 1.29 is 40.6 Å². The molecule has 0 spiro atoms. The molecule has 0 radical (unpaired) electrons. The number of benzene rings is 2. The lowest BCUT2D eigenvalue weighted by Gasteiger charge is -2.30. The van der Waals surface area contributed by atoms with Gasteiger partial charge in [0.25, 0.3) is 0 Å². The van der Waals surface area contributed by atoms with Crippen molar-refractivity contribution in [3.05, 3.63) is 59.7 Å². The third-order valence-corrected chi connectivity index (χ3v) is 11.0. The topological polar surface area (TPSA) is 161 Å². The molecule has 1 fully saturated rings. The van der Waals surface area contributed by atoms with E-state index in [9.17, 15) is 26.4 Å². The van der Waals surface area contributed by atoms with E-state index < -0.39 is 43.9 Å². The summed E-state index contributed by atoms with van der Waals surface area (Å²) >= 11 is 0. The lowest BCUT2D eigenvalue weighted by molar-refractivity contribution is -0.135. The summed E-state index contributed by atoms with van der Waals surface area (Å²) < 4.78 is 75.2. The Labute approximate surface area is 291 Å². The molecule has 2 amide bonds. The van der Waals surface area contributed by atoms with Gasteiger partial charge in [0.05, 0.1) is 49.4 Å². The van der Waals surface area contributed by atoms with E-state index in [1.807, 2.05) is 13.8 Å². The van der Waals surface area contributed by atoms with Crippen LogP contribution in [0.5, 0.6) is 0 Å². The van der Waals surface area contributed by atoms with Crippen LogP contribution in [0.25, 0.3) is 0 Å². The molecule has 1 heterocycles. The van der Waals surface area contributed by atoms with Crippen molar-refractivity contribution >= 4 is 31.9 Å². The molecule has 2 atom stereocenters. The second-order valence-electron chi connectivity index (χ2n) is 12.8. The Balaban J connectivity index is 1.70. The van der Waals surface area contributed by atoms with Crippen molar-refractivity contribution in [2.45, 2.75) is 63.4 Å². The normalized spacial score (nSPS) is 17.7. The van der Waals surface area contributed by atoms with Gasteiger partial charge in [-0.05, 0) is 49.9 Å². The zero-order chi connectivity index (χ0) is 36.2. The van der Waals surface area contributed by atoms with Gasteiger partial charge in [-0.1, -0.05) is 63.1 Å². The number of aryl methyl sites for hydroxylation is 2. The summed E-state index contributed by atoms with van der Waals surface area (Å²) in [4.78, 5) is 30.7. The summed E-state index contributed by atoms with van der Waals surface area (Å²) in [7, 11) is -7.94. The minimum atomic E-state index is -3.97. The van der Waals surface area contributed by atoms with Gasteiger partial charge >= 0.3 is 0 Å². The second kappa shape index (κ2) is 18.9. The van der Waals surface area contributed by atoms with Crippen LogP contribution in [0, 0.1) is 25.7 Å². The highest BCUT2D eigenvalue weighted by Crippen LogP contribution is 2.16. The molecule has 1 aliphatic rings. The van der Waals surface area contributed by atoms with Gasteiger partial charge in [-0.3, -0.25) is 9.59 Å². The third-order valence-electron chi connectivity index (χ3n) is 8.11. The number of sulfonamides is 2. The Kier molecular flexibility index (Phi) is 15.6. The molecule has 2 N–H and O–H groups in total. The molecular formula is C34H52N4O9S2. The van der Waals surface area contributed by atoms with Crippen LogP contribution in [0.15, 0.2) is 58.3 Å². The standard InChI is InChI=1S/C34H52N4O9S2/c1-25(2)31(35-48(41,42)29-11-7-27(5)8-12-29)33(39)37-15-19-45-20-16-38(18-22-47-24-23-46-21-17-37)34(40)32(26(3)4)36-49(43,44)30-13-9-28(6)10-14-30/h7-14,25-26,31-32,35-36H,15-24H2,1-6H3/t31-,32+. The maximum absolute atomic E-state index is 13.8. The number of hydrogen-bond acceptors (Lipinski definition) is 9. The molecule has 274 valence electrons. The van der Waals surface area contributed by atoms with Gasteiger partial charge in [-0.2, -0.15) is 9.44 Å². The molecule has 49 heavy (non-hydrogen) atoms. The highest BCUT2D eigenvalue weighted by atomic mass is 32.2. The molecule has 0 saturated carbocycles. The van der Waals surface area contributed by atoms with Gasteiger partial charge in [-0.25, -0.2) is 16.8 Å². The lowest BCUT2D eigenvalue weighted by Crippen LogP contribution is -2.53. The van der Waals surface area contributed by atoms with E-state index in [0.29, 0.717) is 0 Å². The van der Waals surface area contributed by atoms with Crippen molar-refractivity contribution in [1.82, 2.24) is 19.2 Å². The first-order valence-corrected chi connectivity index (χ1v) is 19.6. The fraction of sp³-hybridized carbons (Fsp3) is 0.588. The molecule has 0 aliphatic carbocycles. The van der Waals surface area contributed by atoms with E-state index in [-0.39, 0.29) is 87.4 Å². The van der Waals surface area contributed by atoms with Crippen molar-refractivity contribution in [2.24, 2.45) is 11.8 Å². The minimum Gasteiger partial charge on any atom is -0.378 e. The maximum atomic E-state index is 13.8. The zero-order valence-electron chi connectivity index (χ0n) is 29.4. The highest BCUT2D eigenvalue weighted by molar-refractivity contribution is 7.89. The molecule has 1 saturated heterocycles. The monoisotopic (exact) mass is 724 g/mol. The third kappa shape index (κ3) is 12.4. The van der Waals surface area contributed by atoms with Crippen LogP contribution in [0.4, 0.5) is 0 Å². The fourth-order valence-corrected chi connectivity index (χ4v) is 7.70. The summed E-state index contributed by atoms with van der Waals surface area (Å²) in [5.74, 6) is -1.51. The average Bonchev–Trinajstić information content (AvgIpc) is 3.05. The van der Waals surface area contributed by atoms with Crippen LogP contribution in [-0.4, -0.2) is 116 Å². The Morgan fingerprint density at radius 2 is 0.837 bits per heavy atom. The number of hydrogen-bond donors (Lipinski definition) is 2. The number of nitrogens with zero attached hydrogens (tertiary/aromatic N) is 2. The number of ether oxygens (including phenoxy) is 3. The summed E-state index contributed by atoms with van der Waals surface area (Å²) in [5, 5.41) is 0. The Morgan fingerprint density at radius 3 is 1.12 bits per heavy atom. The van der Waals surface area contributed by atoms with E-state index in [0.717, 1.165) is 11.1 Å². The van der Waals surface area contributed by atoms with Crippen LogP contribution < -0.4 is 9.44 Å². The Morgan fingerprint density at radius 1 is 0.551 bits per heavy atom. The Bertz CT molecular complexity index is 1450. The second-order valence-corrected chi connectivity index (χ2v) is 16.2. The van der Waals surface area contributed by atoms with Crippen molar-refractivity contribution in [3.8, 4) is 0 Å². The molecule has 3 rings (SSSR count). The predicted molar refractivity (Wildman–Crippen MR) is 186 cm³/mol. The summed E-state index contributed by atoms with van der Waals surface area (Å²) in [5.41, 5.74) is 1.83. The van der Waals surface area contributed by atoms with E-state index in [4.69, 9.17) is 14.2 Å². The predicted octanol–water partition coefficient (Wildman–Crippen LogP) is 2.33. The van der Waals surface area contributed by atoms with Crippen molar-refractivity contribution in [2.75, 3.05) is 65.8 Å². The van der Waals surface area contributed by atoms with Gasteiger partial charge in [0.2, 0.25) is 31.9 Å². The summed E-state index contributed by atoms with van der Waals surface area (Å²) in [6, 6.07) is 10.8. The number of amides is 2. The van der Waals surface area contributed by atoms with Gasteiger partial charge in [0.15, 0.2) is 0 Å². The molecule has 15 heteroatoms. The van der Waals surface area contributed by atoms with E-state index in [1.165, 1.54) is 34.1 Å². The van der Waals surface area contributed by atoms with Gasteiger partial charge in [0.1, 0.15) is 12.1 Å². The SMILES string of the molecule is Cc1ccc(S(=O)(=O)N[C@H](C(=O)N2CCOCCOCCN(C(=O)[C@H](NS(=O)(=O)c3ccc(C)cc3)C(C)C)CCOCC2)C(C)C)cc1. The molecule has 2 aromatic rings. The smallest absolute Gasteiger partial charge is 0.241 e. The molecule has 13 nitrogen and oxygen atoms in total. The number of nitrogens with one attached hydrogen (secondary N) is 2. The first kappa shape index (κ1) is 40.5. The van der Waals surface area contributed by atoms with E-state index in [2.05, 4.69) is 9.44 Å². The number of carbonyl (C=O) groups excluding carboxylic acids is 2. The average molecular weight is 725 g/mol. The molecule has 2 aromatic carbocycles. The van der Waals surface area contributed by atoms with Gasteiger partial charge in [-0.15, -0.1) is 0 Å². The maximum Gasteiger partial charge on any atom is 0.241 e. The Hall–Kier alpha value is -2.92. The summed E-state index contributed by atoms with van der Waals surface area (Å²) in [6.45, 7) is 12.7. The molecular weight excluding hydrogens is 673 g/mol. The van der Waals surface area contributed by atoms with E-state index >= 15 is 0 Å². The molecule has 1 aliphatic heterocycles. The number of rotatable bonds is 10. The first-order valence-electron chi connectivity index (χ1n) is 16.6. The molecule has 0 bridgehead atoms. The number of carbonyl (C=O) groups is 2. The van der Waals surface area contributed by atoms with Crippen LogP contribution in [0.2, 0.25) is 0 Å². The van der Waals surface area contributed by atoms with Crippen LogP contribution in [0.3, 0.4) is 0 Å². The molecule has 0 aromatic heterocycles. The van der Waals surface area contributed by atoms with Crippen LogP contribution in [0.1, 0.15) is 38.8 Å².